The van der Waals surface area contributed by atoms with Crippen LogP contribution in [0.25, 0.3) is 11.1 Å². The maximum absolute atomic E-state index is 13.0. The summed E-state index contributed by atoms with van der Waals surface area (Å²) in [5.41, 5.74) is 5.13. The summed E-state index contributed by atoms with van der Waals surface area (Å²) < 4.78 is 13.0. The second-order valence-electron chi connectivity index (χ2n) is 5.47. The average Bonchev–Trinajstić information content (AvgIpc) is 2.88. The van der Waals surface area contributed by atoms with Gasteiger partial charge in [0.05, 0.1) is 0 Å². The van der Waals surface area contributed by atoms with E-state index in [2.05, 4.69) is 30.4 Å². The highest BCUT2D eigenvalue weighted by molar-refractivity contribution is 5.65. The SMILES string of the molecule is CCCNC1CCc2cc(-c3ccc(F)cc3)ccc21. The van der Waals surface area contributed by atoms with Gasteiger partial charge >= 0.3 is 0 Å². The number of aryl methyl sites for hydroxylation is 1. The van der Waals surface area contributed by atoms with Crippen LogP contribution < -0.4 is 5.32 Å². The molecule has 2 aromatic carbocycles. The van der Waals surface area contributed by atoms with Crippen molar-refractivity contribution in [2.75, 3.05) is 6.54 Å². The molecule has 0 aromatic heterocycles. The van der Waals surface area contributed by atoms with Crippen LogP contribution in [0.2, 0.25) is 0 Å². The van der Waals surface area contributed by atoms with E-state index in [0.29, 0.717) is 6.04 Å². The standard InChI is InChI=1S/C18H20FN/c1-2-11-20-18-10-6-15-12-14(5-9-17(15)18)13-3-7-16(19)8-4-13/h3-5,7-9,12,18,20H,2,6,10-11H2,1H3. The molecule has 0 aliphatic heterocycles. The molecule has 0 saturated heterocycles. The second-order valence-corrected chi connectivity index (χ2v) is 5.47. The minimum absolute atomic E-state index is 0.182. The van der Waals surface area contributed by atoms with Crippen molar-refractivity contribution in [3.8, 4) is 11.1 Å². The lowest BCUT2D eigenvalue weighted by Crippen LogP contribution is -2.19. The fraction of sp³-hybridized carbons (Fsp3) is 0.333. The quantitative estimate of drug-likeness (QED) is 0.863. The summed E-state index contributed by atoms with van der Waals surface area (Å²) in [6.07, 6.45) is 3.48. The third-order valence-corrected chi connectivity index (χ3v) is 4.04. The minimum atomic E-state index is -0.182. The van der Waals surface area contributed by atoms with Gasteiger partial charge in [-0.1, -0.05) is 37.3 Å². The third kappa shape index (κ3) is 2.61. The van der Waals surface area contributed by atoms with Crippen LogP contribution in [0.1, 0.15) is 36.9 Å². The molecule has 1 aliphatic rings. The van der Waals surface area contributed by atoms with E-state index in [0.717, 1.165) is 18.5 Å². The van der Waals surface area contributed by atoms with Crippen molar-refractivity contribution in [1.29, 1.82) is 0 Å². The molecule has 1 unspecified atom stereocenters. The normalized spacial score (nSPS) is 17.2. The number of fused-ring (bicyclic) bond motifs is 1. The molecule has 0 spiro atoms. The van der Waals surface area contributed by atoms with Gasteiger partial charge in [-0.25, -0.2) is 4.39 Å². The van der Waals surface area contributed by atoms with Crippen LogP contribution >= 0.6 is 0 Å². The van der Waals surface area contributed by atoms with Crippen LogP contribution in [-0.4, -0.2) is 6.54 Å². The molecule has 0 radical (unpaired) electrons. The monoisotopic (exact) mass is 269 g/mol. The van der Waals surface area contributed by atoms with Crippen LogP contribution in [0.5, 0.6) is 0 Å². The summed E-state index contributed by atoms with van der Waals surface area (Å²) in [7, 11) is 0. The third-order valence-electron chi connectivity index (χ3n) is 4.04. The molecule has 2 heteroatoms. The van der Waals surface area contributed by atoms with Gasteiger partial charge in [-0.2, -0.15) is 0 Å². The topological polar surface area (TPSA) is 12.0 Å². The van der Waals surface area contributed by atoms with E-state index in [4.69, 9.17) is 0 Å². The Hall–Kier alpha value is -1.67. The molecule has 104 valence electrons. The Morgan fingerprint density at radius 3 is 2.60 bits per heavy atom. The van der Waals surface area contributed by atoms with Gasteiger partial charge in [0.15, 0.2) is 0 Å². The maximum atomic E-state index is 13.0. The lowest BCUT2D eigenvalue weighted by Gasteiger charge is -2.13. The highest BCUT2D eigenvalue weighted by Crippen LogP contribution is 2.34. The van der Waals surface area contributed by atoms with Crippen molar-refractivity contribution in [3.05, 3.63) is 59.4 Å². The second kappa shape index (κ2) is 5.76. The van der Waals surface area contributed by atoms with Gasteiger partial charge in [-0.15, -0.1) is 0 Å². The van der Waals surface area contributed by atoms with Gasteiger partial charge in [0.2, 0.25) is 0 Å². The minimum Gasteiger partial charge on any atom is -0.310 e. The van der Waals surface area contributed by atoms with Crippen LogP contribution in [0.15, 0.2) is 42.5 Å². The molecule has 0 heterocycles. The van der Waals surface area contributed by atoms with E-state index in [1.165, 1.54) is 41.7 Å². The van der Waals surface area contributed by atoms with Crippen LogP contribution in [0, 0.1) is 5.82 Å². The zero-order chi connectivity index (χ0) is 13.9. The Kier molecular flexibility index (Phi) is 3.83. The van der Waals surface area contributed by atoms with Crippen molar-refractivity contribution in [2.45, 2.75) is 32.2 Å². The highest BCUT2D eigenvalue weighted by Gasteiger charge is 2.21. The fourth-order valence-corrected chi connectivity index (χ4v) is 2.97. The van der Waals surface area contributed by atoms with E-state index < -0.39 is 0 Å². The molecule has 3 rings (SSSR count). The van der Waals surface area contributed by atoms with E-state index in [-0.39, 0.29) is 5.82 Å². The molecule has 0 amide bonds. The summed E-state index contributed by atoms with van der Waals surface area (Å²) >= 11 is 0. The van der Waals surface area contributed by atoms with Gasteiger partial charge in [-0.3, -0.25) is 0 Å². The van der Waals surface area contributed by atoms with Crippen molar-refractivity contribution >= 4 is 0 Å². The van der Waals surface area contributed by atoms with E-state index in [1.54, 1.807) is 0 Å². The van der Waals surface area contributed by atoms with Gasteiger partial charge < -0.3 is 5.32 Å². The molecule has 2 aromatic rings. The number of hydrogen-bond donors (Lipinski definition) is 1. The molecule has 1 N–H and O–H groups in total. The van der Waals surface area contributed by atoms with E-state index >= 15 is 0 Å². The van der Waals surface area contributed by atoms with Gasteiger partial charge in [0.1, 0.15) is 5.82 Å². The Morgan fingerprint density at radius 1 is 1.10 bits per heavy atom. The first-order valence-electron chi connectivity index (χ1n) is 7.40. The summed E-state index contributed by atoms with van der Waals surface area (Å²) in [6.45, 7) is 3.27. The Bertz CT molecular complexity index is 589. The molecule has 1 nitrogen and oxygen atoms in total. The number of benzene rings is 2. The molecule has 1 atom stereocenters. The van der Waals surface area contributed by atoms with Crippen LogP contribution in [0.4, 0.5) is 4.39 Å². The summed E-state index contributed by atoms with van der Waals surface area (Å²) in [6, 6.07) is 13.9. The highest BCUT2D eigenvalue weighted by atomic mass is 19.1. The maximum Gasteiger partial charge on any atom is 0.123 e. The molecule has 1 aliphatic carbocycles. The summed E-state index contributed by atoms with van der Waals surface area (Å²) in [5, 5.41) is 3.60. The zero-order valence-electron chi connectivity index (χ0n) is 11.8. The smallest absolute Gasteiger partial charge is 0.123 e. The van der Waals surface area contributed by atoms with E-state index in [9.17, 15) is 4.39 Å². The van der Waals surface area contributed by atoms with Gasteiger partial charge in [0, 0.05) is 6.04 Å². The first-order chi connectivity index (χ1) is 9.78. The molecular formula is C18H20FN. The fourth-order valence-electron chi connectivity index (χ4n) is 2.97. The predicted molar refractivity (Wildman–Crippen MR) is 81.2 cm³/mol. The molecule has 20 heavy (non-hydrogen) atoms. The molecular weight excluding hydrogens is 249 g/mol. The van der Waals surface area contributed by atoms with Gasteiger partial charge in [0.25, 0.3) is 0 Å². The van der Waals surface area contributed by atoms with Crippen molar-refractivity contribution in [2.24, 2.45) is 0 Å². The van der Waals surface area contributed by atoms with Crippen LogP contribution in [-0.2, 0) is 6.42 Å². The first kappa shape index (κ1) is 13.3. The zero-order valence-corrected chi connectivity index (χ0v) is 11.8. The van der Waals surface area contributed by atoms with Gasteiger partial charge in [-0.05, 0) is 60.2 Å². The molecule has 0 saturated carbocycles. The van der Waals surface area contributed by atoms with E-state index in [1.807, 2.05) is 12.1 Å². The molecule has 0 fully saturated rings. The first-order valence-corrected chi connectivity index (χ1v) is 7.40. The Morgan fingerprint density at radius 2 is 1.85 bits per heavy atom. The lowest BCUT2D eigenvalue weighted by molar-refractivity contribution is 0.529. The number of halogens is 1. The Labute approximate surface area is 119 Å². The van der Waals surface area contributed by atoms with Crippen molar-refractivity contribution in [3.63, 3.8) is 0 Å². The van der Waals surface area contributed by atoms with Crippen molar-refractivity contribution in [1.82, 2.24) is 5.32 Å². The number of hydrogen-bond acceptors (Lipinski definition) is 1. The van der Waals surface area contributed by atoms with Crippen LogP contribution in [0.3, 0.4) is 0 Å². The average molecular weight is 269 g/mol. The van der Waals surface area contributed by atoms with Crippen molar-refractivity contribution < 1.29 is 4.39 Å². The molecule has 0 bridgehead atoms. The number of nitrogens with one attached hydrogen (secondary N) is 1. The predicted octanol–water partition coefficient (Wildman–Crippen LogP) is 4.48. The number of rotatable bonds is 4. The summed E-state index contributed by atoms with van der Waals surface area (Å²) in [4.78, 5) is 0. The lowest BCUT2D eigenvalue weighted by atomic mass is 10.00. The largest absolute Gasteiger partial charge is 0.310 e. The summed E-state index contributed by atoms with van der Waals surface area (Å²) in [5.74, 6) is -0.182. The Balaban J connectivity index is 1.85.